The number of carbonyl (C=O) groups is 2. The third kappa shape index (κ3) is 5.25. The molecule has 0 unspecified atom stereocenters. The first-order valence-electron chi connectivity index (χ1n) is 7.02. The molecule has 0 saturated heterocycles. The van der Waals surface area contributed by atoms with Gasteiger partial charge in [-0.15, -0.1) is 0 Å². The third-order valence-electron chi connectivity index (χ3n) is 2.99. The van der Waals surface area contributed by atoms with E-state index in [1.165, 1.54) is 0 Å². The van der Waals surface area contributed by atoms with Crippen molar-refractivity contribution in [1.82, 2.24) is 4.57 Å². The lowest BCUT2D eigenvalue weighted by Gasteiger charge is -2.16. The Hall–Kier alpha value is -2.63. The fourth-order valence-corrected chi connectivity index (χ4v) is 2.01. The monoisotopic (exact) mass is 319 g/mol. The average Bonchev–Trinajstić information content (AvgIpc) is 2.91. The van der Waals surface area contributed by atoms with Crippen molar-refractivity contribution >= 4 is 11.9 Å². The summed E-state index contributed by atoms with van der Waals surface area (Å²) < 4.78 is 13.8. The number of aromatic nitrogens is 2. The molecule has 2 rings (SSSR count). The van der Waals surface area contributed by atoms with E-state index >= 15 is 0 Å². The molecule has 0 aliphatic rings. The van der Waals surface area contributed by atoms with E-state index in [9.17, 15) is 9.59 Å². The lowest BCUT2D eigenvalue weighted by molar-refractivity contribution is -0.671. The molecule has 0 aliphatic heterocycles. The lowest BCUT2D eigenvalue weighted by Crippen LogP contribution is -2.26. The number of benzene rings is 1. The van der Waals surface area contributed by atoms with Gasteiger partial charge >= 0.3 is 11.9 Å². The molecule has 23 heavy (non-hydrogen) atoms. The van der Waals surface area contributed by atoms with Crippen molar-refractivity contribution in [2.45, 2.75) is 27.0 Å². The SMILES string of the molecule is C.CCOC(=O)[C@H](OC(=O)Cn1cc[n+](C)c1)c1ccccc1. The van der Waals surface area contributed by atoms with Crippen molar-refractivity contribution in [1.29, 1.82) is 0 Å². The van der Waals surface area contributed by atoms with Gasteiger partial charge in [0.15, 0.2) is 6.54 Å². The van der Waals surface area contributed by atoms with Crippen LogP contribution in [0.15, 0.2) is 49.1 Å². The highest BCUT2D eigenvalue weighted by Gasteiger charge is 2.27. The van der Waals surface area contributed by atoms with Crippen LogP contribution in [-0.4, -0.2) is 23.1 Å². The highest BCUT2D eigenvalue weighted by atomic mass is 16.6. The molecule has 1 heterocycles. The number of esters is 2. The smallest absolute Gasteiger partial charge is 0.352 e. The Bertz CT molecular complexity index is 637. The summed E-state index contributed by atoms with van der Waals surface area (Å²) in [7, 11) is 1.85. The molecule has 0 spiro atoms. The molecule has 6 nitrogen and oxygen atoms in total. The number of carbonyl (C=O) groups excluding carboxylic acids is 2. The third-order valence-corrected chi connectivity index (χ3v) is 2.99. The Morgan fingerprint density at radius 3 is 2.52 bits per heavy atom. The predicted octanol–water partition coefficient (Wildman–Crippen LogP) is 1.80. The first-order chi connectivity index (χ1) is 10.6. The number of rotatable bonds is 6. The Balaban J connectivity index is 0.00000264. The van der Waals surface area contributed by atoms with E-state index < -0.39 is 18.0 Å². The minimum Gasteiger partial charge on any atom is -0.463 e. The van der Waals surface area contributed by atoms with Crippen LogP contribution in [0.25, 0.3) is 0 Å². The number of ether oxygens (including phenoxy) is 2. The maximum absolute atomic E-state index is 12.1. The number of nitrogens with zero attached hydrogens (tertiary/aromatic N) is 2. The Kier molecular flexibility index (Phi) is 6.99. The van der Waals surface area contributed by atoms with Gasteiger partial charge in [0, 0.05) is 5.56 Å². The van der Waals surface area contributed by atoms with Gasteiger partial charge < -0.3 is 9.47 Å². The molecule has 6 heteroatoms. The molecule has 0 saturated carbocycles. The van der Waals surface area contributed by atoms with Gasteiger partial charge in [0.1, 0.15) is 12.4 Å². The van der Waals surface area contributed by atoms with Crippen molar-refractivity contribution in [3.63, 3.8) is 0 Å². The van der Waals surface area contributed by atoms with Crippen LogP contribution >= 0.6 is 0 Å². The highest BCUT2D eigenvalue weighted by Crippen LogP contribution is 2.19. The van der Waals surface area contributed by atoms with Gasteiger partial charge in [0.2, 0.25) is 12.4 Å². The summed E-state index contributed by atoms with van der Waals surface area (Å²) in [5, 5.41) is 0. The summed E-state index contributed by atoms with van der Waals surface area (Å²) in [6.45, 7) is 1.97. The Morgan fingerprint density at radius 2 is 1.96 bits per heavy atom. The number of hydrogen-bond donors (Lipinski definition) is 0. The summed E-state index contributed by atoms with van der Waals surface area (Å²) in [4.78, 5) is 24.1. The molecule has 0 amide bonds. The predicted molar refractivity (Wildman–Crippen MR) is 84.2 cm³/mol. The molecule has 0 aliphatic carbocycles. The van der Waals surface area contributed by atoms with Gasteiger partial charge in [-0.05, 0) is 6.92 Å². The second kappa shape index (κ2) is 8.73. The van der Waals surface area contributed by atoms with Gasteiger partial charge in [-0.1, -0.05) is 37.8 Å². The van der Waals surface area contributed by atoms with Crippen molar-refractivity contribution in [2.24, 2.45) is 7.05 Å². The van der Waals surface area contributed by atoms with Crippen LogP contribution in [0.3, 0.4) is 0 Å². The van der Waals surface area contributed by atoms with E-state index in [0.717, 1.165) is 0 Å². The molecule has 1 atom stereocenters. The van der Waals surface area contributed by atoms with E-state index in [-0.39, 0.29) is 20.6 Å². The lowest BCUT2D eigenvalue weighted by atomic mass is 10.1. The first kappa shape index (κ1) is 18.4. The van der Waals surface area contributed by atoms with Crippen LogP contribution in [-0.2, 0) is 32.7 Å². The van der Waals surface area contributed by atoms with Crippen molar-refractivity contribution in [3.8, 4) is 0 Å². The summed E-state index contributed by atoms with van der Waals surface area (Å²) in [6.07, 6.45) is 4.28. The van der Waals surface area contributed by atoms with Crippen LogP contribution in [0.1, 0.15) is 26.0 Å². The quantitative estimate of drug-likeness (QED) is 0.602. The number of imidazole rings is 1. The molecule has 124 valence electrons. The first-order valence-corrected chi connectivity index (χ1v) is 7.02. The van der Waals surface area contributed by atoms with Crippen LogP contribution in [0.4, 0.5) is 0 Å². The Morgan fingerprint density at radius 1 is 1.26 bits per heavy atom. The van der Waals surface area contributed by atoms with E-state index in [4.69, 9.17) is 9.47 Å². The fourth-order valence-electron chi connectivity index (χ4n) is 2.01. The molecule has 0 fully saturated rings. The van der Waals surface area contributed by atoms with Crippen molar-refractivity contribution in [2.75, 3.05) is 6.61 Å². The van der Waals surface area contributed by atoms with Gasteiger partial charge in [0.25, 0.3) is 0 Å². The summed E-state index contributed by atoms with van der Waals surface area (Å²) in [5.74, 6) is -1.07. The van der Waals surface area contributed by atoms with E-state index in [2.05, 4.69) is 0 Å². The zero-order chi connectivity index (χ0) is 15.9. The normalized spacial score (nSPS) is 11.2. The van der Waals surface area contributed by atoms with Gasteiger partial charge in [-0.2, -0.15) is 0 Å². The average molecular weight is 319 g/mol. The summed E-state index contributed by atoms with van der Waals surface area (Å²) in [6, 6.07) is 8.84. The minimum atomic E-state index is -1.04. The molecule has 0 radical (unpaired) electrons. The van der Waals surface area contributed by atoms with Crippen molar-refractivity contribution in [3.05, 3.63) is 54.6 Å². The van der Waals surface area contributed by atoms with Gasteiger partial charge in [-0.25, -0.2) is 18.7 Å². The highest BCUT2D eigenvalue weighted by molar-refractivity contribution is 5.80. The molecule has 1 aromatic heterocycles. The fraction of sp³-hybridized carbons (Fsp3) is 0.353. The van der Waals surface area contributed by atoms with Crippen LogP contribution in [0, 0.1) is 0 Å². The molecule has 0 bridgehead atoms. The second-order valence-corrected chi connectivity index (χ2v) is 4.78. The standard InChI is InChI=1S/C16H19N2O4.CH4/c1-3-21-16(20)15(13-7-5-4-6-8-13)22-14(19)11-18-10-9-17(2)12-18;/h4-10,12,15H,3,11H2,1-2H3;1H4/q+1;/t15-;/m1./s1. The maximum Gasteiger partial charge on any atom is 0.352 e. The van der Waals surface area contributed by atoms with E-state index in [1.54, 1.807) is 48.3 Å². The van der Waals surface area contributed by atoms with E-state index in [0.29, 0.717) is 5.56 Å². The van der Waals surface area contributed by atoms with Crippen LogP contribution < -0.4 is 4.57 Å². The zero-order valence-electron chi connectivity index (χ0n) is 12.6. The molecular formula is C17H23N2O4+. The Labute approximate surface area is 136 Å². The maximum atomic E-state index is 12.1. The van der Waals surface area contributed by atoms with Crippen LogP contribution in [0.2, 0.25) is 0 Å². The van der Waals surface area contributed by atoms with Crippen molar-refractivity contribution < 1.29 is 23.6 Å². The molecule has 1 aromatic carbocycles. The van der Waals surface area contributed by atoms with Gasteiger partial charge in [0.05, 0.1) is 13.7 Å². The number of aryl methyl sites for hydroxylation is 1. The topological polar surface area (TPSA) is 61.4 Å². The second-order valence-electron chi connectivity index (χ2n) is 4.78. The number of hydrogen-bond acceptors (Lipinski definition) is 4. The molecule has 2 aromatic rings. The largest absolute Gasteiger partial charge is 0.463 e. The molecular weight excluding hydrogens is 296 g/mol. The van der Waals surface area contributed by atoms with Gasteiger partial charge in [-0.3, -0.25) is 0 Å². The van der Waals surface area contributed by atoms with Crippen LogP contribution in [0.5, 0.6) is 0 Å². The zero-order valence-corrected chi connectivity index (χ0v) is 12.6. The molecule has 0 N–H and O–H groups in total. The minimum absolute atomic E-state index is 0. The summed E-state index contributed by atoms with van der Waals surface area (Å²) >= 11 is 0. The van der Waals surface area contributed by atoms with E-state index in [1.807, 2.05) is 23.9 Å². The summed E-state index contributed by atoms with van der Waals surface area (Å²) in [5.41, 5.74) is 0.590.